The fourth-order valence-corrected chi connectivity index (χ4v) is 1.24. The van der Waals surface area contributed by atoms with E-state index < -0.39 is 0 Å². The lowest BCUT2D eigenvalue weighted by Gasteiger charge is -2.07. The van der Waals surface area contributed by atoms with Gasteiger partial charge in [0, 0.05) is 6.61 Å². The van der Waals surface area contributed by atoms with Crippen LogP contribution in [0.1, 0.15) is 26.2 Å². The van der Waals surface area contributed by atoms with Crippen molar-refractivity contribution in [2.75, 3.05) is 6.61 Å². The van der Waals surface area contributed by atoms with Gasteiger partial charge in [-0.05, 0) is 26.2 Å². The normalized spacial score (nSPS) is 35.3. The second-order valence-corrected chi connectivity index (χ2v) is 2.66. The average Bonchev–Trinajstić information content (AvgIpc) is 2.17. The summed E-state index contributed by atoms with van der Waals surface area (Å²) in [6.07, 6.45) is 3.85. The van der Waals surface area contributed by atoms with E-state index in [1.807, 2.05) is 0 Å². The molecule has 2 nitrogen and oxygen atoms in total. The highest BCUT2D eigenvalue weighted by Gasteiger charge is 2.20. The van der Waals surface area contributed by atoms with Crippen LogP contribution in [0, 0.1) is 0 Å². The van der Waals surface area contributed by atoms with Gasteiger partial charge in [-0.2, -0.15) is 0 Å². The van der Waals surface area contributed by atoms with Gasteiger partial charge in [0.25, 0.3) is 0 Å². The molecule has 1 aliphatic heterocycles. The van der Waals surface area contributed by atoms with Crippen LogP contribution in [0.3, 0.4) is 0 Å². The molecule has 0 saturated carbocycles. The van der Waals surface area contributed by atoms with E-state index in [2.05, 4.69) is 6.92 Å². The van der Waals surface area contributed by atoms with E-state index in [1.165, 1.54) is 0 Å². The molecule has 1 N–H and O–H groups in total. The van der Waals surface area contributed by atoms with Crippen LogP contribution in [0.5, 0.6) is 0 Å². The Balaban J connectivity index is 2.14. The molecule has 0 aromatic heterocycles. The maximum atomic E-state index is 8.53. The van der Waals surface area contributed by atoms with Crippen molar-refractivity contribution in [3.63, 3.8) is 0 Å². The van der Waals surface area contributed by atoms with Crippen LogP contribution in [-0.2, 0) is 4.74 Å². The highest BCUT2D eigenvalue weighted by atomic mass is 16.5. The summed E-state index contributed by atoms with van der Waals surface area (Å²) in [7, 11) is 0. The Morgan fingerprint density at radius 3 is 2.78 bits per heavy atom. The fraction of sp³-hybridized carbons (Fsp3) is 1.00. The molecule has 0 aliphatic carbocycles. The van der Waals surface area contributed by atoms with Gasteiger partial charge in [0.2, 0.25) is 0 Å². The lowest BCUT2D eigenvalue weighted by molar-refractivity contribution is 0.0405. The van der Waals surface area contributed by atoms with Crippen molar-refractivity contribution in [2.45, 2.75) is 38.4 Å². The van der Waals surface area contributed by atoms with E-state index in [-0.39, 0.29) is 6.61 Å². The van der Waals surface area contributed by atoms with E-state index >= 15 is 0 Å². The SMILES string of the molecule is C[C@H]1CC[C@H](CCO)O1. The summed E-state index contributed by atoms with van der Waals surface area (Å²) in [6.45, 7) is 2.34. The van der Waals surface area contributed by atoms with E-state index in [9.17, 15) is 0 Å². The van der Waals surface area contributed by atoms with Crippen LogP contribution in [0.4, 0.5) is 0 Å². The molecule has 0 aromatic carbocycles. The molecule has 0 spiro atoms. The number of rotatable bonds is 2. The van der Waals surface area contributed by atoms with Gasteiger partial charge >= 0.3 is 0 Å². The monoisotopic (exact) mass is 130 g/mol. The quantitative estimate of drug-likeness (QED) is 0.602. The standard InChI is InChI=1S/C7H14O2/c1-6-2-3-7(9-6)4-5-8/h6-8H,2-5H2,1H3/t6-,7+/m0/s1. The largest absolute Gasteiger partial charge is 0.396 e. The molecule has 0 radical (unpaired) electrons. The Kier molecular flexibility index (Phi) is 2.49. The summed E-state index contributed by atoms with van der Waals surface area (Å²) in [5.41, 5.74) is 0. The molecule has 0 bridgehead atoms. The van der Waals surface area contributed by atoms with Gasteiger partial charge in [0.1, 0.15) is 0 Å². The second kappa shape index (κ2) is 3.18. The molecule has 2 heteroatoms. The minimum absolute atomic E-state index is 0.261. The number of hydrogen-bond donors (Lipinski definition) is 1. The van der Waals surface area contributed by atoms with Crippen molar-refractivity contribution in [3.05, 3.63) is 0 Å². The lowest BCUT2D eigenvalue weighted by Crippen LogP contribution is -2.09. The van der Waals surface area contributed by atoms with Crippen molar-refractivity contribution in [1.82, 2.24) is 0 Å². The molecule has 0 aromatic rings. The van der Waals surface area contributed by atoms with Gasteiger partial charge < -0.3 is 9.84 Å². The third-order valence-electron chi connectivity index (χ3n) is 1.77. The number of aliphatic hydroxyl groups is 1. The average molecular weight is 130 g/mol. The van der Waals surface area contributed by atoms with Crippen LogP contribution < -0.4 is 0 Å². The zero-order valence-corrected chi connectivity index (χ0v) is 5.84. The van der Waals surface area contributed by atoms with Gasteiger partial charge in [-0.25, -0.2) is 0 Å². The van der Waals surface area contributed by atoms with Crippen molar-refractivity contribution in [2.24, 2.45) is 0 Å². The topological polar surface area (TPSA) is 29.5 Å². The van der Waals surface area contributed by atoms with Crippen LogP contribution in [0.25, 0.3) is 0 Å². The maximum Gasteiger partial charge on any atom is 0.0601 e. The van der Waals surface area contributed by atoms with Crippen LogP contribution >= 0.6 is 0 Å². The zero-order valence-electron chi connectivity index (χ0n) is 5.84. The first-order valence-electron chi connectivity index (χ1n) is 3.59. The molecule has 2 atom stereocenters. The summed E-state index contributed by atoms with van der Waals surface area (Å²) >= 11 is 0. The fourth-order valence-electron chi connectivity index (χ4n) is 1.24. The Morgan fingerprint density at radius 1 is 1.56 bits per heavy atom. The van der Waals surface area contributed by atoms with Crippen LogP contribution in [0.15, 0.2) is 0 Å². The number of hydrogen-bond acceptors (Lipinski definition) is 2. The Hall–Kier alpha value is -0.0800. The molecule has 1 aliphatic rings. The van der Waals surface area contributed by atoms with Gasteiger partial charge in [-0.3, -0.25) is 0 Å². The Morgan fingerprint density at radius 2 is 2.33 bits per heavy atom. The third-order valence-corrected chi connectivity index (χ3v) is 1.77. The van der Waals surface area contributed by atoms with Gasteiger partial charge in [-0.1, -0.05) is 0 Å². The van der Waals surface area contributed by atoms with E-state index in [0.717, 1.165) is 19.3 Å². The number of ether oxygens (including phenoxy) is 1. The predicted molar refractivity (Wildman–Crippen MR) is 35.3 cm³/mol. The van der Waals surface area contributed by atoms with Crippen LogP contribution in [0.2, 0.25) is 0 Å². The summed E-state index contributed by atoms with van der Waals surface area (Å²) < 4.78 is 5.44. The summed E-state index contributed by atoms with van der Waals surface area (Å²) in [5, 5.41) is 8.53. The molecule has 1 fully saturated rings. The lowest BCUT2D eigenvalue weighted by atomic mass is 10.2. The van der Waals surface area contributed by atoms with Crippen molar-refractivity contribution in [1.29, 1.82) is 0 Å². The maximum absolute atomic E-state index is 8.53. The first-order chi connectivity index (χ1) is 4.33. The molecular weight excluding hydrogens is 116 g/mol. The molecule has 1 heterocycles. The highest BCUT2D eigenvalue weighted by Crippen LogP contribution is 2.20. The molecule has 9 heavy (non-hydrogen) atoms. The summed E-state index contributed by atoms with van der Waals surface area (Å²) in [5.74, 6) is 0. The minimum Gasteiger partial charge on any atom is -0.396 e. The zero-order chi connectivity index (χ0) is 6.69. The summed E-state index contributed by atoms with van der Waals surface area (Å²) in [6, 6.07) is 0. The molecular formula is C7H14O2. The third kappa shape index (κ3) is 1.95. The Bertz CT molecular complexity index is 81.0. The van der Waals surface area contributed by atoms with Crippen LogP contribution in [-0.4, -0.2) is 23.9 Å². The van der Waals surface area contributed by atoms with Gasteiger partial charge in [-0.15, -0.1) is 0 Å². The predicted octanol–water partition coefficient (Wildman–Crippen LogP) is 0.936. The van der Waals surface area contributed by atoms with E-state index in [4.69, 9.17) is 9.84 Å². The van der Waals surface area contributed by atoms with Crippen molar-refractivity contribution < 1.29 is 9.84 Å². The number of aliphatic hydroxyl groups excluding tert-OH is 1. The minimum atomic E-state index is 0.261. The van der Waals surface area contributed by atoms with E-state index in [0.29, 0.717) is 12.2 Å². The molecule has 1 saturated heterocycles. The smallest absolute Gasteiger partial charge is 0.0601 e. The van der Waals surface area contributed by atoms with Gasteiger partial charge in [0.05, 0.1) is 12.2 Å². The Labute approximate surface area is 55.8 Å². The first-order valence-corrected chi connectivity index (χ1v) is 3.59. The van der Waals surface area contributed by atoms with Crippen molar-refractivity contribution >= 4 is 0 Å². The molecule has 0 amide bonds. The van der Waals surface area contributed by atoms with Crippen molar-refractivity contribution in [3.8, 4) is 0 Å². The molecule has 0 unspecified atom stereocenters. The second-order valence-electron chi connectivity index (χ2n) is 2.66. The molecule has 1 rings (SSSR count). The summed E-state index contributed by atoms with van der Waals surface area (Å²) in [4.78, 5) is 0. The first kappa shape index (κ1) is 7.03. The van der Waals surface area contributed by atoms with E-state index in [1.54, 1.807) is 0 Å². The van der Waals surface area contributed by atoms with Gasteiger partial charge in [0.15, 0.2) is 0 Å². The molecule has 54 valence electrons. The highest BCUT2D eigenvalue weighted by molar-refractivity contribution is 4.69.